The molecule has 0 fully saturated rings. The molecular formula is C20H23ClN2O2. The van der Waals surface area contributed by atoms with E-state index in [1.54, 1.807) is 29.2 Å². The Morgan fingerprint density at radius 1 is 1.04 bits per heavy atom. The number of nitrogens with one attached hydrogen (secondary N) is 1. The van der Waals surface area contributed by atoms with Crippen molar-refractivity contribution in [1.29, 1.82) is 0 Å². The number of halogens is 1. The Morgan fingerprint density at radius 3 is 2.48 bits per heavy atom. The fraction of sp³-hybridized carbons (Fsp3) is 0.300. The van der Waals surface area contributed by atoms with Gasteiger partial charge in [0.15, 0.2) is 0 Å². The molecule has 0 heterocycles. The van der Waals surface area contributed by atoms with Gasteiger partial charge in [-0.15, -0.1) is 0 Å². The highest BCUT2D eigenvalue weighted by atomic mass is 35.5. The highest BCUT2D eigenvalue weighted by Gasteiger charge is 2.11. The third-order valence-electron chi connectivity index (χ3n) is 3.90. The van der Waals surface area contributed by atoms with E-state index in [0.717, 1.165) is 12.8 Å². The summed E-state index contributed by atoms with van der Waals surface area (Å²) in [7, 11) is 0. The highest BCUT2D eigenvalue weighted by Crippen LogP contribution is 2.15. The van der Waals surface area contributed by atoms with Gasteiger partial charge in [-0.2, -0.15) is 0 Å². The first-order valence-corrected chi connectivity index (χ1v) is 8.77. The zero-order chi connectivity index (χ0) is 18.1. The first-order chi connectivity index (χ1) is 12.0. The maximum absolute atomic E-state index is 12.1. The molecule has 0 saturated carbocycles. The molecule has 25 heavy (non-hydrogen) atoms. The molecule has 1 N–H and O–H groups in total. The summed E-state index contributed by atoms with van der Waals surface area (Å²) in [5.74, 6) is -0.139. The van der Waals surface area contributed by atoms with Crippen molar-refractivity contribution in [3.05, 3.63) is 65.2 Å². The van der Waals surface area contributed by atoms with Gasteiger partial charge in [-0.05, 0) is 36.6 Å². The van der Waals surface area contributed by atoms with Crippen LogP contribution in [0, 0.1) is 0 Å². The molecule has 0 aliphatic heterocycles. The second-order valence-corrected chi connectivity index (χ2v) is 6.34. The molecule has 2 aromatic rings. The summed E-state index contributed by atoms with van der Waals surface area (Å²) in [6, 6.07) is 17.2. The SMILES string of the molecule is CC(=O)N(CCCc1ccccc1)CCC(=O)Nc1cccc(Cl)c1. The summed E-state index contributed by atoms with van der Waals surface area (Å²) in [5, 5.41) is 3.37. The van der Waals surface area contributed by atoms with E-state index < -0.39 is 0 Å². The van der Waals surface area contributed by atoms with E-state index in [9.17, 15) is 9.59 Å². The zero-order valence-corrected chi connectivity index (χ0v) is 15.1. The quantitative estimate of drug-likeness (QED) is 0.770. The van der Waals surface area contributed by atoms with Crippen LogP contribution in [0.3, 0.4) is 0 Å². The minimum atomic E-state index is -0.128. The molecule has 2 amide bonds. The summed E-state index contributed by atoms with van der Waals surface area (Å²) in [6.45, 7) is 2.60. The van der Waals surface area contributed by atoms with Gasteiger partial charge in [0.25, 0.3) is 0 Å². The number of hydrogen-bond acceptors (Lipinski definition) is 2. The molecule has 0 aliphatic carbocycles. The fourth-order valence-electron chi connectivity index (χ4n) is 2.57. The number of benzene rings is 2. The smallest absolute Gasteiger partial charge is 0.226 e. The Morgan fingerprint density at radius 2 is 1.80 bits per heavy atom. The minimum absolute atomic E-state index is 0.0105. The molecule has 0 radical (unpaired) electrons. The average molecular weight is 359 g/mol. The van der Waals surface area contributed by atoms with Gasteiger partial charge in [0.1, 0.15) is 0 Å². The largest absolute Gasteiger partial charge is 0.342 e. The van der Waals surface area contributed by atoms with Crippen molar-refractivity contribution in [2.45, 2.75) is 26.2 Å². The summed E-state index contributed by atoms with van der Waals surface area (Å²) in [5.41, 5.74) is 1.92. The predicted molar refractivity (Wildman–Crippen MR) is 102 cm³/mol. The van der Waals surface area contributed by atoms with Crippen LogP contribution in [0.15, 0.2) is 54.6 Å². The lowest BCUT2D eigenvalue weighted by Gasteiger charge is -2.20. The van der Waals surface area contributed by atoms with Gasteiger partial charge in [-0.3, -0.25) is 9.59 Å². The van der Waals surface area contributed by atoms with Crippen LogP contribution in [0.2, 0.25) is 5.02 Å². The number of aryl methyl sites for hydroxylation is 1. The maximum Gasteiger partial charge on any atom is 0.226 e. The Bertz CT molecular complexity index is 704. The van der Waals surface area contributed by atoms with E-state index in [4.69, 9.17) is 11.6 Å². The van der Waals surface area contributed by atoms with Crippen LogP contribution in [0.5, 0.6) is 0 Å². The number of hydrogen-bond donors (Lipinski definition) is 1. The van der Waals surface area contributed by atoms with E-state index in [2.05, 4.69) is 17.4 Å². The van der Waals surface area contributed by atoms with E-state index in [0.29, 0.717) is 23.8 Å². The zero-order valence-electron chi connectivity index (χ0n) is 14.4. The van der Waals surface area contributed by atoms with Crippen LogP contribution in [-0.2, 0) is 16.0 Å². The summed E-state index contributed by atoms with van der Waals surface area (Å²) in [6.07, 6.45) is 2.05. The average Bonchev–Trinajstić information content (AvgIpc) is 2.58. The summed E-state index contributed by atoms with van der Waals surface area (Å²) >= 11 is 5.90. The molecule has 0 saturated heterocycles. The lowest BCUT2D eigenvalue weighted by atomic mass is 10.1. The Labute approximate surface area is 153 Å². The molecule has 132 valence electrons. The summed E-state index contributed by atoms with van der Waals surface area (Å²) in [4.78, 5) is 25.6. The van der Waals surface area contributed by atoms with Gasteiger partial charge in [0.05, 0.1) is 0 Å². The van der Waals surface area contributed by atoms with Gasteiger partial charge in [0.2, 0.25) is 11.8 Å². The molecule has 2 aromatic carbocycles. The van der Waals surface area contributed by atoms with Crippen molar-refractivity contribution < 1.29 is 9.59 Å². The number of nitrogens with zero attached hydrogens (tertiary/aromatic N) is 1. The van der Waals surface area contributed by atoms with Crippen LogP contribution in [0.4, 0.5) is 5.69 Å². The number of anilines is 1. The van der Waals surface area contributed by atoms with Crippen LogP contribution in [0.25, 0.3) is 0 Å². The second kappa shape index (κ2) is 9.84. The molecule has 5 heteroatoms. The molecule has 0 unspecified atom stereocenters. The van der Waals surface area contributed by atoms with Crippen molar-refractivity contribution >= 4 is 29.1 Å². The van der Waals surface area contributed by atoms with Crippen molar-refractivity contribution in [2.24, 2.45) is 0 Å². The summed E-state index contributed by atoms with van der Waals surface area (Å²) < 4.78 is 0. The normalized spacial score (nSPS) is 10.3. The molecular weight excluding hydrogens is 336 g/mol. The molecule has 0 spiro atoms. The van der Waals surface area contributed by atoms with Crippen molar-refractivity contribution in [1.82, 2.24) is 4.90 Å². The monoisotopic (exact) mass is 358 g/mol. The lowest BCUT2D eigenvalue weighted by molar-refractivity contribution is -0.129. The number of carbonyl (C=O) groups excluding carboxylic acids is 2. The Balaban J connectivity index is 1.76. The Hall–Kier alpha value is -2.33. The van der Waals surface area contributed by atoms with Crippen molar-refractivity contribution in [3.8, 4) is 0 Å². The van der Waals surface area contributed by atoms with Crippen molar-refractivity contribution in [2.75, 3.05) is 18.4 Å². The number of amides is 2. The van der Waals surface area contributed by atoms with E-state index in [1.165, 1.54) is 12.5 Å². The maximum atomic E-state index is 12.1. The van der Waals surface area contributed by atoms with Crippen LogP contribution < -0.4 is 5.32 Å². The highest BCUT2D eigenvalue weighted by molar-refractivity contribution is 6.30. The molecule has 4 nitrogen and oxygen atoms in total. The first kappa shape index (κ1) is 19.0. The molecule has 2 rings (SSSR count). The lowest BCUT2D eigenvalue weighted by Crippen LogP contribution is -2.33. The fourth-order valence-corrected chi connectivity index (χ4v) is 2.76. The van der Waals surface area contributed by atoms with Gasteiger partial charge < -0.3 is 10.2 Å². The third-order valence-corrected chi connectivity index (χ3v) is 4.13. The van der Waals surface area contributed by atoms with E-state index in [-0.39, 0.29) is 18.2 Å². The first-order valence-electron chi connectivity index (χ1n) is 8.39. The molecule has 0 aromatic heterocycles. The minimum Gasteiger partial charge on any atom is -0.342 e. The van der Waals surface area contributed by atoms with Gasteiger partial charge in [-0.25, -0.2) is 0 Å². The Kier molecular flexibility index (Phi) is 7.48. The van der Waals surface area contributed by atoms with Crippen LogP contribution in [0.1, 0.15) is 25.3 Å². The van der Waals surface area contributed by atoms with Gasteiger partial charge in [-0.1, -0.05) is 48.0 Å². The van der Waals surface area contributed by atoms with E-state index >= 15 is 0 Å². The van der Waals surface area contributed by atoms with Crippen LogP contribution >= 0.6 is 11.6 Å². The van der Waals surface area contributed by atoms with Crippen LogP contribution in [-0.4, -0.2) is 29.8 Å². The standard InChI is InChI=1S/C20H23ClN2O2/c1-16(24)23(13-6-9-17-7-3-2-4-8-17)14-12-20(25)22-19-11-5-10-18(21)15-19/h2-5,7-8,10-11,15H,6,9,12-14H2,1H3,(H,22,25). The topological polar surface area (TPSA) is 49.4 Å². The predicted octanol–water partition coefficient (Wildman–Crippen LogP) is 4.15. The molecule has 0 bridgehead atoms. The van der Waals surface area contributed by atoms with Gasteiger partial charge in [0, 0.05) is 37.1 Å². The number of carbonyl (C=O) groups is 2. The third kappa shape index (κ3) is 6.98. The van der Waals surface area contributed by atoms with Gasteiger partial charge >= 0.3 is 0 Å². The van der Waals surface area contributed by atoms with E-state index in [1.807, 2.05) is 18.2 Å². The number of rotatable bonds is 8. The molecule has 0 aliphatic rings. The second-order valence-electron chi connectivity index (χ2n) is 5.90. The molecule has 0 atom stereocenters. The van der Waals surface area contributed by atoms with Crippen molar-refractivity contribution in [3.63, 3.8) is 0 Å².